The van der Waals surface area contributed by atoms with E-state index < -0.39 is 0 Å². The predicted molar refractivity (Wildman–Crippen MR) is 59.3 cm³/mol. The van der Waals surface area contributed by atoms with Crippen LogP contribution in [0.15, 0.2) is 6.07 Å². The Kier molecular flexibility index (Phi) is 2.81. The number of methoxy groups -OCH3 is 1. The minimum atomic E-state index is -0.319. The maximum atomic E-state index is 13.7. The smallest absolute Gasteiger partial charge is 0.224 e. The Morgan fingerprint density at radius 2 is 2.25 bits per heavy atom. The summed E-state index contributed by atoms with van der Waals surface area (Å²) in [6.45, 7) is 1.87. The van der Waals surface area contributed by atoms with Gasteiger partial charge in [-0.25, -0.2) is 4.39 Å². The fourth-order valence-corrected chi connectivity index (χ4v) is 2.08. The summed E-state index contributed by atoms with van der Waals surface area (Å²) in [6, 6.07) is 1.40. The van der Waals surface area contributed by atoms with E-state index in [1.54, 1.807) is 0 Å². The molecule has 0 aliphatic carbocycles. The molecule has 1 aliphatic rings. The van der Waals surface area contributed by atoms with E-state index in [0.717, 1.165) is 5.56 Å². The van der Waals surface area contributed by atoms with Gasteiger partial charge in [0.1, 0.15) is 11.6 Å². The molecule has 1 heterocycles. The average molecular weight is 223 g/mol. The van der Waals surface area contributed by atoms with Crippen molar-refractivity contribution in [3.63, 3.8) is 0 Å². The van der Waals surface area contributed by atoms with Crippen molar-refractivity contribution in [1.82, 2.24) is 0 Å². The lowest BCUT2D eigenvalue weighted by molar-refractivity contribution is -0.116. The number of hydrogen-bond donors (Lipinski definition) is 1. The zero-order chi connectivity index (χ0) is 11.7. The first-order valence-electron chi connectivity index (χ1n) is 5.35. The third kappa shape index (κ3) is 1.64. The van der Waals surface area contributed by atoms with Crippen molar-refractivity contribution in [3.05, 3.63) is 23.0 Å². The summed E-state index contributed by atoms with van der Waals surface area (Å²) in [4.78, 5) is 11.3. The summed E-state index contributed by atoms with van der Waals surface area (Å²) in [5.41, 5.74) is 2.07. The second-order valence-electron chi connectivity index (χ2n) is 3.79. The first-order valence-corrected chi connectivity index (χ1v) is 5.35. The number of anilines is 1. The Morgan fingerprint density at radius 1 is 1.50 bits per heavy atom. The molecule has 1 N–H and O–H groups in total. The van der Waals surface area contributed by atoms with Crippen LogP contribution in [0.1, 0.15) is 24.5 Å². The third-order valence-corrected chi connectivity index (χ3v) is 2.89. The molecule has 0 spiro atoms. The van der Waals surface area contributed by atoms with Gasteiger partial charge in [0.15, 0.2) is 0 Å². The number of halogens is 1. The minimum Gasteiger partial charge on any atom is -0.496 e. The summed E-state index contributed by atoms with van der Waals surface area (Å²) in [5, 5.41) is 2.74. The first kappa shape index (κ1) is 10.9. The van der Waals surface area contributed by atoms with E-state index in [1.165, 1.54) is 13.2 Å². The summed E-state index contributed by atoms with van der Waals surface area (Å²) in [7, 11) is 1.51. The van der Waals surface area contributed by atoms with Gasteiger partial charge in [0.25, 0.3) is 0 Å². The Bertz CT molecular complexity index is 443. The number of carbonyl (C=O) groups is 1. The lowest BCUT2D eigenvalue weighted by Crippen LogP contribution is -2.21. The normalized spacial score (nSPS) is 14.3. The van der Waals surface area contributed by atoms with E-state index in [1.807, 2.05) is 6.92 Å². The van der Waals surface area contributed by atoms with Crippen LogP contribution in [0.5, 0.6) is 5.75 Å². The summed E-state index contributed by atoms with van der Waals surface area (Å²) in [5.74, 6) is 0.139. The van der Waals surface area contributed by atoms with E-state index in [-0.39, 0.29) is 11.7 Å². The second-order valence-corrected chi connectivity index (χ2v) is 3.79. The standard InChI is InChI=1S/C12H14FNO2/c1-3-7-9(13)6-10(16-2)8-4-5-11(15)14-12(7)8/h6H,3-5H2,1-2H3,(H,14,15). The van der Waals surface area contributed by atoms with Crippen LogP contribution in [-0.4, -0.2) is 13.0 Å². The average Bonchev–Trinajstić information content (AvgIpc) is 2.27. The molecule has 1 amide bonds. The highest BCUT2D eigenvalue weighted by Crippen LogP contribution is 2.36. The van der Waals surface area contributed by atoms with Gasteiger partial charge in [0.2, 0.25) is 5.91 Å². The number of benzene rings is 1. The third-order valence-electron chi connectivity index (χ3n) is 2.89. The molecule has 86 valence electrons. The van der Waals surface area contributed by atoms with E-state index in [4.69, 9.17) is 4.74 Å². The molecule has 0 saturated carbocycles. The Morgan fingerprint density at radius 3 is 2.88 bits per heavy atom. The summed E-state index contributed by atoms with van der Waals surface area (Å²) >= 11 is 0. The van der Waals surface area contributed by atoms with Gasteiger partial charge < -0.3 is 10.1 Å². The molecule has 0 saturated heterocycles. The van der Waals surface area contributed by atoms with Crippen molar-refractivity contribution in [2.24, 2.45) is 0 Å². The van der Waals surface area contributed by atoms with Crippen molar-refractivity contribution in [2.75, 3.05) is 12.4 Å². The van der Waals surface area contributed by atoms with Crippen LogP contribution in [-0.2, 0) is 17.6 Å². The zero-order valence-electron chi connectivity index (χ0n) is 9.39. The molecular weight excluding hydrogens is 209 g/mol. The van der Waals surface area contributed by atoms with Crippen LogP contribution in [0.4, 0.5) is 10.1 Å². The molecule has 2 rings (SSSR count). The molecule has 4 heteroatoms. The Balaban J connectivity index is 2.62. The number of carbonyl (C=O) groups excluding carboxylic acids is 1. The van der Waals surface area contributed by atoms with Crippen LogP contribution in [0, 0.1) is 5.82 Å². The monoisotopic (exact) mass is 223 g/mol. The number of rotatable bonds is 2. The van der Waals surface area contributed by atoms with E-state index in [0.29, 0.717) is 36.3 Å². The minimum absolute atomic E-state index is 0.0603. The Hall–Kier alpha value is -1.58. The molecule has 0 bridgehead atoms. The fourth-order valence-electron chi connectivity index (χ4n) is 2.08. The molecule has 1 aromatic carbocycles. The van der Waals surface area contributed by atoms with Gasteiger partial charge in [0.05, 0.1) is 12.8 Å². The van der Waals surface area contributed by atoms with Crippen molar-refractivity contribution < 1.29 is 13.9 Å². The van der Waals surface area contributed by atoms with Crippen molar-refractivity contribution in [3.8, 4) is 5.75 Å². The van der Waals surface area contributed by atoms with Crippen LogP contribution >= 0.6 is 0 Å². The molecule has 0 radical (unpaired) electrons. The van der Waals surface area contributed by atoms with Crippen molar-refractivity contribution in [2.45, 2.75) is 26.2 Å². The lowest BCUT2D eigenvalue weighted by atomic mass is 9.96. The zero-order valence-corrected chi connectivity index (χ0v) is 9.39. The summed E-state index contributed by atoms with van der Waals surface area (Å²) in [6.07, 6.45) is 1.59. The van der Waals surface area contributed by atoms with Gasteiger partial charge in [-0.3, -0.25) is 4.79 Å². The molecule has 0 aromatic heterocycles. The molecule has 1 aromatic rings. The predicted octanol–water partition coefficient (Wildman–Crippen LogP) is 2.28. The van der Waals surface area contributed by atoms with Crippen LogP contribution in [0.3, 0.4) is 0 Å². The number of ether oxygens (including phenoxy) is 1. The van der Waals surface area contributed by atoms with Gasteiger partial charge in [-0.05, 0) is 12.8 Å². The number of hydrogen-bond acceptors (Lipinski definition) is 2. The second kappa shape index (κ2) is 4.12. The highest BCUT2D eigenvalue weighted by Gasteiger charge is 2.23. The number of nitrogens with one attached hydrogen (secondary N) is 1. The largest absolute Gasteiger partial charge is 0.496 e. The topological polar surface area (TPSA) is 38.3 Å². The maximum absolute atomic E-state index is 13.7. The van der Waals surface area contributed by atoms with Crippen LogP contribution in [0.25, 0.3) is 0 Å². The molecule has 0 fully saturated rings. The van der Waals surface area contributed by atoms with Gasteiger partial charge in [-0.2, -0.15) is 0 Å². The van der Waals surface area contributed by atoms with E-state index in [2.05, 4.69) is 5.32 Å². The molecule has 16 heavy (non-hydrogen) atoms. The fraction of sp³-hybridized carbons (Fsp3) is 0.417. The van der Waals surface area contributed by atoms with E-state index in [9.17, 15) is 9.18 Å². The molecule has 0 atom stereocenters. The highest BCUT2D eigenvalue weighted by atomic mass is 19.1. The molecule has 1 aliphatic heterocycles. The number of fused-ring (bicyclic) bond motifs is 1. The van der Waals surface area contributed by atoms with Gasteiger partial charge >= 0.3 is 0 Å². The SMILES string of the molecule is CCc1c(F)cc(OC)c2c1NC(=O)CC2. The van der Waals surface area contributed by atoms with E-state index >= 15 is 0 Å². The van der Waals surface area contributed by atoms with Crippen LogP contribution < -0.4 is 10.1 Å². The number of amides is 1. The Labute approximate surface area is 93.6 Å². The van der Waals surface area contributed by atoms with Crippen molar-refractivity contribution in [1.29, 1.82) is 0 Å². The molecule has 3 nitrogen and oxygen atoms in total. The highest BCUT2D eigenvalue weighted by molar-refractivity contribution is 5.95. The first-order chi connectivity index (χ1) is 7.67. The van der Waals surface area contributed by atoms with Gasteiger partial charge in [-0.1, -0.05) is 6.92 Å². The molecular formula is C12H14FNO2. The van der Waals surface area contributed by atoms with Gasteiger partial charge in [0, 0.05) is 23.6 Å². The van der Waals surface area contributed by atoms with Gasteiger partial charge in [-0.15, -0.1) is 0 Å². The maximum Gasteiger partial charge on any atom is 0.224 e. The summed E-state index contributed by atoms with van der Waals surface area (Å²) < 4.78 is 18.9. The van der Waals surface area contributed by atoms with Crippen LogP contribution in [0.2, 0.25) is 0 Å². The van der Waals surface area contributed by atoms with Crippen molar-refractivity contribution >= 4 is 11.6 Å². The molecule has 0 unspecified atom stereocenters. The quantitative estimate of drug-likeness (QED) is 0.835. The lowest BCUT2D eigenvalue weighted by Gasteiger charge is -2.22.